The Bertz CT molecular complexity index is 118. The third-order valence-electron chi connectivity index (χ3n) is 0.812. The van der Waals surface area contributed by atoms with E-state index >= 15 is 0 Å². The van der Waals surface area contributed by atoms with Crippen molar-refractivity contribution >= 4 is 5.97 Å². The summed E-state index contributed by atoms with van der Waals surface area (Å²) in [6, 6.07) is 0. The zero-order chi connectivity index (χ0) is 7.82. The van der Waals surface area contributed by atoms with Crippen LogP contribution in [0.2, 0.25) is 0 Å². The van der Waals surface area contributed by atoms with Crippen LogP contribution in [0.5, 0.6) is 0 Å². The van der Waals surface area contributed by atoms with Gasteiger partial charge in [-0.2, -0.15) is 0 Å². The molecule has 0 unspecified atom stereocenters. The smallest absolute Gasteiger partial charge is 0.302 e. The fourth-order valence-corrected chi connectivity index (χ4v) is 0.398. The van der Waals surface area contributed by atoms with E-state index in [0.717, 1.165) is 0 Å². The molecule has 10 heavy (non-hydrogen) atoms. The molecule has 0 aromatic heterocycles. The summed E-state index contributed by atoms with van der Waals surface area (Å²) in [5.74, 6) is -0.262. The predicted molar refractivity (Wildman–Crippen MR) is 37.6 cm³/mol. The van der Waals surface area contributed by atoms with Gasteiger partial charge in [0.2, 0.25) is 0 Å². The first-order valence-electron chi connectivity index (χ1n) is 3.04. The largest absolute Gasteiger partial charge is 0.462 e. The van der Waals surface area contributed by atoms with Crippen molar-refractivity contribution in [2.45, 2.75) is 6.92 Å². The SMILES string of the molecule is COC/C=C/COC(C)=O. The highest BCUT2D eigenvalue weighted by Gasteiger charge is 1.85. The molecule has 0 atom stereocenters. The lowest BCUT2D eigenvalue weighted by molar-refractivity contribution is -0.139. The molecule has 0 spiro atoms. The molecule has 0 rings (SSSR count). The summed E-state index contributed by atoms with van der Waals surface area (Å²) >= 11 is 0. The second-order valence-corrected chi connectivity index (χ2v) is 1.73. The lowest BCUT2D eigenvalue weighted by Gasteiger charge is -1.93. The van der Waals surface area contributed by atoms with Crippen LogP contribution in [-0.2, 0) is 14.3 Å². The maximum Gasteiger partial charge on any atom is 0.302 e. The Kier molecular flexibility index (Phi) is 5.77. The van der Waals surface area contributed by atoms with E-state index in [1.165, 1.54) is 6.92 Å². The molecule has 0 aromatic rings. The molecule has 3 heteroatoms. The molecule has 0 saturated carbocycles. The summed E-state index contributed by atoms with van der Waals surface area (Å²) in [4.78, 5) is 10.2. The lowest BCUT2D eigenvalue weighted by Crippen LogP contribution is -1.97. The monoisotopic (exact) mass is 144 g/mol. The van der Waals surface area contributed by atoms with E-state index in [9.17, 15) is 4.79 Å². The van der Waals surface area contributed by atoms with Crippen molar-refractivity contribution in [2.75, 3.05) is 20.3 Å². The highest BCUT2D eigenvalue weighted by molar-refractivity contribution is 5.65. The van der Waals surface area contributed by atoms with Gasteiger partial charge in [0.15, 0.2) is 0 Å². The number of carbonyl (C=O) groups is 1. The summed E-state index contributed by atoms with van der Waals surface area (Å²) in [5, 5.41) is 0. The number of ether oxygens (including phenoxy) is 2. The van der Waals surface area contributed by atoms with Crippen molar-refractivity contribution < 1.29 is 14.3 Å². The van der Waals surface area contributed by atoms with E-state index in [-0.39, 0.29) is 5.97 Å². The van der Waals surface area contributed by atoms with Gasteiger partial charge in [0.1, 0.15) is 6.61 Å². The molecule has 0 amide bonds. The number of hydrogen-bond donors (Lipinski definition) is 0. The van der Waals surface area contributed by atoms with E-state index in [1.807, 2.05) is 0 Å². The quantitative estimate of drug-likeness (QED) is 0.431. The molecule has 0 aliphatic rings. The topological polar surface area (TPSA) is 35.5 Å². The van der Waals surface area contributed by atoms with Crippen molar-refractivity contribution in [2.24, 2.45) is 0 Å². The standard InChI is InChI=1S/C7H12O3/c1-7(8)10-6-4-3-5-9-2/h3-4H,5-6H2,1-2H3/b4-3+. The summed E-state index contributed by atoms with van der Waals surface area (Å²) in [6.45, 7) is 2.27. The fraction of sp³-hybridized carbons (Fsp3) is 0.571. The Morgan fingerprint density at radius 2 is 2.00 bits per heavy atom. The Morgan fingerprint density at radius 1 is 1.40 bits per heavy atom. The zero-order valence-corrected chi connectivity index (χ0v) is 6.29. The van der Waals surface area contributed by atoms with Crippen molar-refractivity contribution in [3.8, 4) is 0 Å². The van der Waals surface area contributed by atoms with Gasteiger partial charge < -0.3 is 9.47 Å². The highest BCUT2D eigenvalue weighted by Crippen LogP contribution is 1.79. The van der Waals surface area contributed by atoms with Crippen LogP contribution in [0, 0.1) is 0 Å². The molecule has 0 bridgehead atoms. The Labute approximate surface area is 60.6 Å². The average molecular weight is 144 g/mol. The van der Waals surface area contributed by atoms with Crippen LogP contribution in [0.25, 0.3) is 0 Å². The van der Waals surface area contributed by atoms with Crippen LogP contribution in [0.4, 0.5) is 0 Å². The predicted octanol–water partition coefficient (Wildman–Crippen LogP) is 0.752. The molecular formula is C7H12O3. The van der Waals surface area contributed by atoms with Crippen molar-refractivity contribution in [3.63, 3.8) is 0 Å². The number of carbonyl (C=O) groups excluding carboxylic acids is 1. The molecule has 3 nitrogen and oxygen atoms in total. The summed E-state index contributed by atoms with van der Waals surface area (Å²) in [6.07, 6.45) is 3.54. The molecule has 0 fully saturated rings. The molecule has 0 aliphatic carbocycles. The Morgan fingerprint density at radius 3 is 2.50 bits per heavy atom. The van der Waals surface area contributed by atoms with Crippen LogP contribution < -0.4 is 0 Å². The van der Waals surface area contributed by atoms with Crippen molar-refractivity contribution in [3.05, 3.63) is 12.2 Å². The summed E-state index contributed by atoms with van der Waals surface area (Å²) in [5.41, 5.74) is 0. The van der Waals surface area contributed by atoms with Crippen LogP contribution in [0.3, 0.4) is 0 Å². The van der Waals surface area contributed by atoms with Gasteiger partial charge in [0.05, 0.1) is 6.61 Å². The maximum absolute atomic E-state index is 10.2. The maximum atomic E-state index is 10.2. The van der Waals surface area contributed by atoms with E-state index in [2.05, 4.69) is 4.74 Å². The second-order valence-electron chi connectivity index (χ2n) is 1.73. The summed E-state index contributed by atoms with van der Waals surface area (Å²) < 4.78 is 9.33. The van der Waals surface area contributed by atoms with Gasteiger partial charge in [-0.05, 0) is 6.08 Å². The van der Waals surface area contributed by atoms with E-state index in [4.69, 9.17) is 4.74 Å². The minimum absolute atomic E-state index is 0.262. The second kappa shape index (κ2) is 6.29. The molecule has 0 aliphatic heterocycles. The third-order valence-corrected chi connectivity index (χ3v) is 0.812. The van der Waals surface area contributed by atoms with E-state index in [1.54, 1.807) is 19.3 Å². The van der Waals surface area contributed by atoms with Gasteiger partial charge >= 0.3 is 5.97 Å². The molecule has 0 radical (unpaired) electrons. The number of methoxy groups -OCH3 is 1. The molecule has 0 saturated heterocycles. The Balaban J connectivity index is 3.10. The van der Waals surface area contributed by atoms with Gasteiger partial charge in [-0.15, -0.1) is 0 Å². The van der Waals surface area contributed by atoms with Gasteiger partial charge in [0.25, 0.3) is 0 Å². The first kappa shape index (κ1) is 9.17. The third kappa shape index (κ3) is 7.17. The van der Waals surface area contributed by atoms with E-state index in [0.29, 0.717) is 13.2 Å². The minimum Gasteiger partial charge on any atom is -0.462 e. The number of esters is 1. The normalized spacial score (nSPS) is 10.2. The van der Waals surface area contributed by atoms with Crippen molar-refractivity contribution in [1.82, 2.24) is 0 Å². The molecule has 58 valence electrons. The first-order chi connectivity index (χ1) is 4.77. The Hall–Kier alpha value is -0.830. The molecule has 0 N–H and O–H groups in total. The van der Waals surface area contributed by atoms with Crippen LogP contribution >= 0.6 is 0 Å². The van der Waals surface area contributed by atoms with Crippen LogP contribution in [0.1, 0.15) is 6.92 Å². The first-order valence-corrected chi connectivity index (χ1v) is 3.04. The molecule has 0 heterocycles. The van der Waals surface area contributed by atoms with Crippen LogP contribution in [-0.4, -0.2) is 26.3 Å². The summed E-state index contributed by atoms with van der Waals surface area (Å²) in [7, 11) is 1.61. The number of rotatable bonds is 4. The van der Waals surface area contributed by atoms with Crippen molar-refractivity contribution in [1.29, 1.82) is 0 Å². The fourth-order valence-electron chi connectivity index (χ4n) is 0.398. The van der Waals surface area contributed by atoms with Crippen LogP contribution in [0.15, 0.2) is 12.2 Å². The minimum atomic E-state index is -0.262. The van der Waals surface area contributed by atoms with Gasteiger partial charge in [0, 0.05) is 14.0 Å². The van der Waals surface area contributed by atoms with E-state index < -0.39 is 0 Å². The molecular weight excluding hydrogens is 132 g/mol. The van der Waals surface area contributed by atoms with Gasteiger partial charge in [-0.25, -0.2) is 0 Å². The van der Waals surface area contributed by atoms with Gasteiger partial charge in [-0.1, -0.05) is 6.08 Å². The lowest BCUT2D eigenvalue weighted by atomic mass is 10.5. The van der Waals surface area contributed by atoms with Gasteiger partial charge in [-0.3, -0.25) is 4.79 Å². The number of hydrogen-bond acceptors (Lipinski definition) is 3. The average Bonchev–Trinajstić information content (AvgIpc) is 1.87. The zero-order valence-electron chi connectivity index (χ0n) is 6.29. The highest BCUT2D eigenvalue weighted by atomic mass is 16.5. The molecule has 0 aromatic carbocycles.